The van der Waals surface area contributed by atoms with Gasteiger partial charge in [0.05, 0.1) is 4.90 Å². The van der Waals surface area contributed by atoms with E-state index in [1.165, 1.54) is 24.2 Å². The van der Waals surface area contributed by atoms with E-state index in [4.69, 9.17) is 0 Å². The minimum absolute atomic E-state index is 0.0978. The van der Waals surface area contributed by atoms with Gasteiger partial charge in [-0.15, -0.1) is 11.3 Å². The lowest BCUT2D eigenvalue weighted by molar-refractivity contribution is 0.317. The summed E-state index contributed by atoms with van der Waals surface area (Å²) in [6.07, 6.45) is 2.47. The van der Waals surface area contributed by atoms with Crippen molar-refractivity contribution in [1.29, 1.82) is 0 Å². The molecule has 0 aliphatic heterocycles. The molecule has 2 rings (SSSR count). The zero-order valence-corrected chi connectivity index (χ0v) is 14.2. The first-order chi connectivity index (χ1) is 9.18. The van der Waals surface area contributed by atoms with Crippen LogP contribution in [-0.2, 0) is 16.6 Å². The average molecular weight is 316 g/mol. The second-order valence-electron chi connectivity index (χ2n) is 6.61. The van der Waals surface area contributed by atoms with Gasteiger partial charge in [-0.25, -0.2) is 13.1 Å². The van der Waals surface area contributed by atoms with Crippen molar-refractivity contribution in [3.63, 3.8) is 0 Å². The highest BCUT2D eigenvalue weighted by Crippen LogP contribution is 2.25. The molecule has 1 heterocycles. The molecule has 0 radical (unpaired) electrons. The molecule has 20 heavy (non-hydrogen) atoms. The normalized spacial score (nSPS) is 18.2. The van der Waals surface area contributed by atoms with E-state index in [0.29, 0.717) is 10.9 Å². The van der Waals surface area contributed by atoms with Gasteiger partial charge in [0.1, 0.15) is 0 Å². The zero-order chi connectivity index (χ0) is 15.0. The molecule has 1 aromatic heterocycles. The molecule has 1 atom stereocenters. The van der Waals surface area contributed by atoms with Crippen molar-refractivity contribution in [1.82, 2.24) is 10.0 Å². The van der Waals surface area contributed by atoms with Gasteiger partial charge in [-0.3, -0.25) is 0 Å². The molecule has 0 saturated heterocycles. The van der Waals surface area contributed by atoms with Gasteiger partial charge in [-0.05, 0) is 31.2 Å². The highest BCUT2D eigenvalue weighted by Gasteiger charge is 2.27. The van der Waals surface area contributed by atoms with E-state index in [-0.39, 0.29) is 11.5 Å². The topological polar surface area (TPSA) is 58.2 Å². The molecule has 1 unspecified atom stereocenters. The summed E-state index contributed by atoms with van der Waals surface area (Å²) < 4.78 is 27.4. The maximum absolute atomic E-state index is 12.3. The quantitative estimate of drug-likeness (QED) is 0.848. The predicted octanol–water partition coefficient (Wildman–Crippen LogP) is 2.71. The Balaban J connectivity index is 2.01. The van der Waals surface area contributed by atoms with Crippen molar-refractivity contribution in [2.24, 2.45) is 5.41 Å². The predicted molar refractivity (Wildman–Crippen MR) is 83.4 cm³/mol. The van der Waals surface area contributed by atoms with Crippen LogP contribution in [-0.4, -0.2) is 20.5 Å². The third kappa shape index (κ3) is 4.28. The lowest BCUT2D eigenvalue weighted by atomic mass is 9.89. The standard InChI is InChI=1S/C14H24N2O2S2/c1-10(14(2,3)4)16-20(17,18)13-7-12(19-9-13)8-15-11-5-6-11/h7,9-11,15-16H,5-6,8H2,1-4H3. The van der Waals surface area contributed by atoms with E-state index in [9.17, 15) is 8.42 Å². The first-order valence-electron chi connectivity index (χ1n) is 7.01. The van der Waals surface area contributed by atoms with Crippen molar-refractivity contribution in [2.75, 3.05) is 0 Å². The van der Waals surface area contributed by atoms with Gasteiger partial charge in [-0.1, -0.05) is 20.8 Å². The number of rotatable bonds is 6. The molecule has 2 N–H and O–H groups in total. The number of sulfonamides is 1. The second-order valence-corrected chi connectivity index (χ2v) is 9.32. The molecule has 0 bridgehead atoms. The zero-order valence-electron chi connectivity index (χ0n) is 12.6. The van der Waals surface area contributed by atoms with Crippen molar-refractivity contribution < 1.29 is 8.42 Å². The molecule has 114 valence electrons. The molecular formula is C14H24N2O2S2. The highest BCUT2D eigenvalue weighted by molar-refractivity contribution is 7.89. The smallest absolute Gasteiger partial charge is 0.241 e. The third-order valence-corrected chi connectivity index (χ3v) is 6.32. The maximum Gasteiger partial charge on any atom is 0.241 e. The lowest BCUT2D eigenvalue weighted by Gasteiger charge is -2.27. The fraction of sp³-hybridized carbons (Fsp3) is 0.714. The van der Waals surface area contributed by atoms with E-state index >= 15 is 0 Å². The number of hydrogen-bond acceptors (Lipinski definition) is 4. The Bertz CT molecular complexity index is 554. The second kappa shape index (κ2) is 5.75. The minimum atomic E-state index is -3.41. The molecular weight excluding hydrogens is 292 g/mol. The van der Waals surface area contributed by atoms with Crippen molar-refractivity contribution >= 4 is 21.4 Å². The summed E-state index contributed by atoms with van der Waals surface area (Å²) in [5.41, 5.74) is -0.0978. The Kier molecular flexibility index (Phi) is 4.59. The van der Waals surface area contributed by atoms with Gasteiger partial charge in [0, 0.05) is 28.9 Å². The first kappa shape index (κ1) is 15.9. The van der Waals surface area contributed by atoms with Crippen LogP contribution in [0.2, 0.25) is 0 Å². The Hall–Kier alpha value is -0.430. The average Bonchev–Trinajstić information content (AvgIpc) is 3.01. The molecule has 1 aliphatic rings. The fourth-order valence-corrected chi connectivity index (χ4v) is 4.28. The van der Waals surface area contributed by atoms with Crippen LogP contribution in [0, 0.1) is 5.41 Å². The van der Waals surface area contributed by atoms with Gasteiger partial charge < -0.3 is 5.32 Å². The summed E-state index contributed by atoms with van der Waals surface area (Å²) >= 11 is 1.50. The Morgan fingerprint density at radius 3 is 2.60 bits per heavy atom. The van der Waals surface area contributed by atoms with Crippen molar-refractivity contribution in [2.45, 2.75) is 64.1 Å². The van der Waals surface area contributed by atoms with Crippen LogP contribution in [0.15, 0.2) is 16.3 Å². The van der Waals surface area contributed by atoms with Crippen LogP contribution in [0.3, 0.4) is 0 Å². The summed E-state index contributed by atoms with van der Waals surface area (Å²) in [6, 6.07) is 2.30. The van der Waals surface area contributed by atoms with Gasteiger partial charge in [0.25, 0.3) is 0 Å². The third-order valence-electron chi connectivity index (χ3n) is 3.71. The number of thiophene rings is 1. The van der Waals surface area contributed by atoms with Crippen LogP contribution >= 0.6 is 11.3 Å². The van der Waals surface area contributed by atoms with Gasteiger partial charge in [0.15, 0.2) is 0 Å². The van der Waals surface area contributed by atoms with Gasteiger partial charge in [0.2, 0.25) is 10.0 Å². The highest BCUT2D eigenvalue weighted by atomic mass is 32.2. The Labute approximate surface area is 126 Å². The van der Waals surface area contributed by atoms with Crippen LogP contribution in [0.25, 0.3) is 0 Å². The van der Waals surface area contributed by atoms with Crippen LogP contribution < -0.4 is 10.0 Å². The summed E-state index contributed by atoms with van der Waals surface area (Å²) in [7, 11) is -3.41. The molecule has 4 nitrogen and oxygen atoms in total. The summed E-state index contributed by atoms with van der Waals surface area (Å²) in [6.45, 7) is 8.75. The van der Waals surface area contributed by atoms with E-state index in [2.05, 4.69) is 10.0 Å². The first-order valence-corrected chi connectivity index (χ1v) is 9.38. The molecule has 0 amide bonds. The van der Waals surface area contributed by atoms with E-state index in [0.717, 1.165) is 11.4 Å². The maximum atomic E-state index is 12.3. The number of hydrogen-bond donors (Lipinski definition) is 2. The van der Waals surface area contributed by atoms with E-state index < -0.39 is 10.0 Å². The Morgan fingerprint density at radius 2 is 2.05 bits per heavy atom. The summed E-state index contributed by atoms with van der Waals surface area (Å²) in [5, 5.41) is 5.12. The molecule has 6 heteroatoms. The summed E-state index contributed by atoms with van der Waals surface area (Å²) in [5.74, 6) is 0. The van der Waals surface area contributed by atoms with Crippen LogP contribution in [0.4, 0.5) is 0 Å². The van der Waals surface area contributed by atoms with E-state index in [1.54, 1.807) is 11.4 Å². The van der Waals surface area contributed by atoms with Gasteiger partial charge >= 0.3 is 0 Å². The molecule has 1 aliphatic carbocycles. The van der Waals surface area contributed by atoms with Crippen molar-refractivity contribution in [3.05, 3.63) is 16.3 Å². The molecule has 1 fully saturated rings. The Morgan fingerprint density at radius 1 is 1.40 bits per heavy atom. The monoisotopic (exact) mass is 316 g/mol. The molecule has 0 aromatic carbocycles. The van der Waals surface area contributed by atoms with Crippen LogP contribution in [0.1, 0.15) is 45.4 Å². The van der Waals surface area contributed by atoms with Crippen LogP contribution in [0.5, 0.6) is 0 Å². The van der Waals surface area contributed by atoms with Crippen molar-refractivity contribution in [3.8, 4) is 0 Å². The summed E-state index contributed by atoms with van der Waals surface area (Å²) in [4.78, 5) is 1.45. The lowest BCUT2D eigenvalue weighted by Crippen LogP contribution is -2.41. The van der Waals surface area contributed by atoms with Gasteiger partial charge in [-0.2, -0.15) is 0 Å². The number of nitrogens with one attached hydrogen (secondary N) is 2. The largest absolute Gasteiger partial charge is 0.309 e. The molecule has 0 spiro atoms. The molecule has 1 saturated carbocycles. The molecule has 1 aromatic rings. The minimum Gasteiger partial charge on any atom is -0.309 e. The van der Waals surface area contributed by atoms with E-state index in [1.807, 2.05) is 27.7 Å². The fourth-order valence-electron chi connectivity index (χ4n) is 1.60. The SMILES string of the molecule is CC(NS(=O)(=O)c1csc(CNC2CC2)c1)C(C)(C)C.